The van der Waals surface area contributed by atoms with Crippen molar-refractivity contribution in [3.63, 3.8) is 0 Å². The summed E-state index contributed by atoms with van der Waals surface area (Å²) in [6, 6.07) is 19.2. The van der Waals surface area contributed by atoms with Gasteiger partial charge in [0.25, 0.3) is 0 Å². The molecule has 0 saturated heterocycles. The van der Waals surface area contributed by atoms with E-state index in [0.29, 0.717) is 13.0 Å². The third-order valence-corrected chi connectivity index (χ3v) is 2.64. The van der Waals surface area contributed by atoms with Gasteiger partial charge >= 0.3 is 0 Å². The number of anilines is 2. The zero-order chi connectivity index (χ0) is 12.8. The van der Waals surface area contributed by atoms with Crippen LogP contribution in [0.3, 0.4) is 0 Å². The Labute approximate surface area is 107 Å². The third-order valence-electron chi connectivity index (χ3n) is 2.64. The predicted octanol–water partition coefficient (Wildman–Crippen LogP) is 2.70. The number of nitrogens with zero attached hydrogens (tertiary/aromatic N) is 1. The van der Waals surface area contributed by atoms with Crippen LogP contribution < -0.4 is 10.6 Å². The summed E-state index contributed by atoms with van der Waals surface area (Å²) < 4.78 is 0. The van der Waals surface area contributed by atoms with Gasteiger partial charge in [-0.15, -0.1) is 0 Å². The first kappa shape index (κ1) is 12.3. The molecule has 0 unspecified atom stereocenters. The van der Waals surface area contributed by atoms with Crippen molar-refractivity contribution in [1.29, 1.82) is 0 Å². The van der Waals surface area contributed by atoms with Gasteiger partial charge in [0.1, 0.15) is 0 Å². The minimum Gasteiger partial charge on any atom is -0.330 e. The van der Waals surface area contributed by atoms with Crippen molar-refractivity contribution in [2.24, 2.45) is 5.73 Å². The average Bonchev–Trinajstić information content (AvgIpc) is 2.42. The molecule has 2 aromatic carbocycles. The van der Waals surface area contributed by atoms with Gasteiger partial charge in [0.15, 0.2) is 0 Å². The monoisotopic (exact) mass is 240 g/mol. The maximum atomic E-state index is 12.2. The van der Waals surface area contributed by atoms with Crippen molar-refractivity contribution in [3.8, 4) is 0 Å². The lowest BCUT2D eigenvalue weighted by Gasteiger charge is -2.22. The van der Waals surface area contributed by atoms with E-state index in [1.165, 1.54) is 0 Å². The molecule has 0 radical (unpaired) electrons. The fourth-order valence-electron chi connectivity index (χ4n) is 1.83. The largest absolute Gasteiger partial charge is 0.330 e. The number of hydrogen-bond donors (Lipinski definition) is 1. The highest BCUT2D eigenvalue weighted by Gasteiger charge is 2.16. The van der Waals surface area contributed by atoms with Crippen molar-refractivity contribution < 1.29 is 4.79 Å². The van der Waals surface area contributed by atoms with Gasteiger partial charge in [-0.25, -0.2) is 0 Å². The molecule has 3 heteroatoms. The lowest BCUT2D eigenvalue weighted by atomic mass is 10.2. The molecule has 0 spiro atoms. The number of carbonyl (C=O) groups is 1. The van der Waals surface area contributed by atoms with E-state index in [9.17, 15) is 4.79 Å². The molecule has 0 aliphatic heterocycles. The number of carbonyl (C=O) groups excluding carboxylic acids is 1. The fraction of sp³-hybridized carbons (Fsp3) is 0.133. The first-order chi connectivity index (χ1) is 8.83. The first-order valence-corrected chi connectivity index (χ1v) is 5.96. The van der Waals surface area contributed by atoms with Crippen LogP contribution in [0.1, 0.15) is 6.42 Å². The standard InChI is InChI=1S/C15H16N2O/c16-12-11-15(18)17(13-7-3-1-4-8-13)14-9-5-2-6-10-14/h1-10H,11-12,16H2. The van der Waals surface area contributed by atoms with E-state index in [0.717, 1.165) is 11.4 Å². The Hall–Kier alpha value is -2.13. The summed E-state index contributed by atoms with van der Waals surface area (Å²) in [4.78, 5) is 13.9. The van der Waals surface area contributed by atoms with Crippen LogP contribution in [-0.2, 0) is 4.79 Å². The number of amides is 1. The molecule has 0 saturated carbocycles. The lowest BCUT2D eigenvalue weighted by Crippen LogP contribution is -2.27. The molecule has 0 bridgehead atoms. The second-order valence-electron chi connectivity index (χ2n) is 3.94. The molecule has 18 heavy (non-hydrogen) atoms. The molecule has 0 fully saturated rings. The van der Waals surface area contributed by atoms with Gasteiger partial charge in [-0.05, 0) is 24.3 Å². The van der Waals surface area contributed by atoms with Crippen LogP contribution >= 0.6 is 0 Å². The van der Waals surface area contributed by atoms with Crippen molar-refractivity contribution in [2.75, 3.05) is 11.4 Å². The number of rotatable bonds is 4. The molecular weight excluding hydrogens is 224 g/mol. The minimum absolute atomic E-state index is 0.00917. The molecule has 2 N–H and O–H groups in total. The van der Waals surface area contributed by atoms with E-state index < -0.39 is 0 Å². The van der Waals surface area contributed by atoms with Gasteiger partial charge in [0.2, 0.25) is 5.91 Å². The summed E-state index contributed by atoms with van der Waals surface area (Å²) in [5.74, 6) is 0.00917. The second-order valence-corrected chi connectivity index (χ2v) is 3.94. The molecule has 0 atom stereocenters. The van der Waals surface area contributed by atoms with Crippen LogP contribution in [0, 0.1) is 0 Å². The zero-order valence-electron chi connectivity index (χ0n) is 10.1. The normalized spacial score (nSPS) is 10.1. The molecule has 0 aliphatic carbocycles. The van der Waals surface area contributed by atoms with E-state index in [1.807, 2.05) is 60.7 Å². The number of nitrogens with two attached hydrogens (primary N) is 1. The van der Waals surface area contributed by atoms with E-state index in [-0.39, 0.29) is 5.91 Å². The molecule has 0 heterocycles. The van der Waals surface area contributed by atoms with Crippen LogP contribution in [0.5, 0.6) is 0 Å². The summed E-state index contributed by atoms with van der Waals surface area (Å²) in [6.45, 7) is 0.356. The van der Waals surface area contributed by atoms with Gasteiger partial charge in [-0.1, -0.05) is 36.4 Å². The molecule has 3 nitrogen and oxygen atoms in total. The first-order valence-electron chi connectivity index (χ1n) is 5.96. The summed E-state index contributed by atoms with van der Waals surface area (Å²) in [5, 5.41) is 0. The Balaban J connectivity index is 2.38. The Morgan fingerprint density at radius 1 is 0.889 bits per heavy atom. The van der Waals surface area contributed by atoms with Crippen LogP contribution in [-0.4, -0.2) is 12.5 Å². The van der Waals surface area contributed by atoms with Crippen molar-refractivity contribution in [1.82, 2.24) is 0 Å². The van der Waals surface area contributed by atoms with E-state index in [2.05, 4.69) is 0 Å². The second kappa shape index (κ2) is 5.98. The number of para-hydroxylation sites is 2. The highest BCUT2D eigenvalue weighted by atomic mass is 16.2. The highest BCUT2D eigenvalue weighted by Crippen LogP contribution is 2.25. The maximum Gasteiger partial charge on any atom is 0.232 e. The van der Waals surface area contributed by atoms with Crippen molar-refractivity contribution in [3.05, 3.63) is 60.7 Å². The average molecular weight is 240 g/mol. The molecule has 2 rings (SSSR count). The molecule has 2 aromatic rings. The van der Waals surface area contributed by atoms with Crippen LogP contribution in [0.25, 0.3) is 0 Å². The Bertz CT molecular complexity index is 457. The molecule has 0 aromatic heterocycles. The quantitative estimate of drug-likeness (QED) is 0.893. The maximum absolute atomic E-state index is 12.2. The third kappa shape index (κ3) is 2.76. The molecule has 1 amide bonds. The van der Waals surface area contributed by atoms with Crippen LogP contribution in [0.4, 0.5) is 11.4 Å². The van der Waals surface area contributed by atoms with Crippen molar-refractivity contribution in [2.45, 2.75) is 6.42 Å². The Kier molecular flexibility index (Phi) is 4.10. The summed E-state index contributed by atoms with van der Waals surface area (Å²) >= 11 is 0. The topological polar surface area (TPSA) is 46.3 Å². The van der Waals surface area contributed by atoms with Crippen LogP contribution in [0.2, 0.25) is 0 Å². The van der Waals surface area contributed by atoms with Crippen molar-refractivity contribution >= 4 is 17.3 Å². The number of benzene rings is 2. The van der Waals surface area contributed by atoms with Gasteiger partial charge in [0, 0.05) is 24.3 Å². The fourth-order valence-corrected chi connectivity index (χ4v) is 1.83. The van der Waals surface area contributed by atoms with Crippen LogP contribution in [0.15, 0.2) is 60.7 Å². The SMILES string of the molecule is NCCC(=O)N(c1ccccc1)c1ccccc1. The summed E-state index contributed by atoms with van der Waals surface area (Å²) in [5.41, 5.74) is 7.20. The van der Waals surface area contributed by atoms with Gasteiger partial charge in [-0.3, -0.25) is 9.69 Å². The predicted molar refractivity (Wildman–Crippen MR) is 73.7 cm³/mol. The zero-order valence-corrected chi connectivity index (χ0v) is 10.1. The lowest BCUT2D eigenvalue weighted by molar-refractivity contribution is -0.117. The minimum atomic E-state index is 0.00917. The summed E-state index contributed by atoms with van der Waals surface area (Å²) in [6.07, 6.45) is 0.337. The van der Waals surface area contributed by atoms with Gasteiger partial charge < -0.3 is 5.73 Å². The number of hydrogen-bond acceptors (Lipinski definition) is 2. The summed E-state index contributed by atoms with van der Waals surface area (Å²) in [7, 11) is 0. The Morgan fingerprint density at radius 2 is 1.33 bits per heavy atom. The highest BCUT2D eigenvalue weighted by molar-refractivity contribution is 6.00. The van der Waals surface area contributed by atoms with E-state index in [4.69, 9.17) is 5.73 Å². The van der Waals surface area contributed by atoms with E-state index in [1.54, 1.807) is 4.90 Å². The smallest absolute Gasteiger partial charge is 0.232 e. The molecule has 92 valence electrons. The molecular formula is C15H16N2O. The Morgan fingerprint density at radius 3 is 1.72 bits per heavy atom. The van der Waals surface area contributed by atoms with E-state index >= 15 is 0 Å². The molecule has 0 aliphatic rings. The van der Waals surface area contributed by atoms with Gasteiger partial charge in [-0.2, -0.15) is 0 Å². The van der Waals surface area contributed by atoms with Gasteiger partial charge in [0.05, 0.1) is 0 Å².